The Morgan fingerprint density at radius 3 is 2.79 bits per heavy atom. The van der Waals surface area contributed by atoms with Gasteiger partial charge in [-0.15, -0.1) is 10.2 Å². The number of pyridine rings is 1. The number of furan rings is 1. The number of carbonyl (C=O) groups is 1. The topological polar surface area (TPSA) is 98.3 Å². The molecule has 34 heavy (non-hydrogen) atoms. The minimum Gasteiger partial charge on any atom is -0.453 e. The maximum atomic E-state index is 12.9. The van der Waals surface area contributed by atoms with Gasteiger partial charge in [0.05, 0.1) is 11.7 Å². The minimum atomic E-state index is -0.258. The van der Waals surface area contributed by atoms with Crippen LogP contribution in [0, 0.1) is 12.8 Å². The van der Waals surface area contributed by atoms with Crippen LogP contribution in [0.3, 0.4) is 0 Å². The summed E-state index contributed by atoms with van der Waals surface area (Å²) in [7, 11) is 1.59. The van der Waals surface area contributed by atoms with Gasteiger partial charge in [0.15, 0.2) is 11.6 Å². The first-order valence-corrected chi connectivity index (χ1v) is 11.9. The van der Waals surface area contributed by atoms with Crippen LogP contribution in [0.2, 0.25) is 0 Å². The second-order valence-corrected chi connectivity index (χ2v) is 9.28. The SMILES string of the molecule is COCc1ccc(C(=O)N[C@H](CC(C)C)c2nnc3n2CCN(Cc2cccc(C)n2)CC3)o1. The van der Waals surface area contributed by atoms with Crippen LogP contribution in [0.4, 0.5) is 0 Å². The number of hydrogen-bond acceptors (Lipinski definition) is 7. The van der Waals surface area contributed by atoms with E-state index in [1.807, 2.05) is 13.0 Å². The number of hydrogen-bond donors (Lipinski definition) is 1. The number of fused-ring (bicyclic) bond motifs is 1. The molecule has 0 aliphatic carbocycles. The first kappa shape index (κ1) is 24.1. The number of methoxy groups -OCH3 is 1. The standard InChI is InChI=1S/C25H34N6O3/c1-17(2)14-21(27-25(32)22-9-8-20(34-22)16-33-4)24-29-28-23-10-11-30(12-13-31(23)24)15-19-7-5-6-18(3)26-19/h5-9,17,21H,10-16H2,1-4H3,(H,27,32)/t21-/m1/s1. The van der Waals surface area contributed by atoms with Gasteiger partial charge in [0.2, 0.25) is 0 Å². The van der Waals surface area contributed by atoms with Gasteiger partial charge in [0.25, 0.3) is 5.91 Å². The lowest BCUT2D eigenvalue weighted by molar-refractivity contribution is 0.0892. The molecule has 182 valence electrons. The fraction of sp³-hybridized carbons (Fsp3) is 0.520. The van der Waals surface area contributed by atoms with E-state index in [-0.39, 0.29) is 17.7 Å². The monoisotopic (exact) mass is 466 g/mol. The zero-order chi connectivity index (χ0) is 24.1. The highest BCUT2D eigenvalue weighted by atomic mass is 16.5. The smallest absolute Gasteiger partial charge is 0.287 e. The summed E-state index contributed by atoms with van der Waals surface area (Å²) < 4.78 is 12.9. The van der Waals surface area contributed by atoms with Gasteiger partial charge < -0.3 is 19.0 Å². The Bertz CT molecular complexity index is 1110. The van der Waals surface area contributed by atoms with Gasteiger partial charge in [-0.2, -0.15) is 0 Å². The lowest BCUT2D eigenvalue weighted by Gasteiger charge is -2.22. The van der Waals surface area contributed by atoms with Gasteiger partial charge in [-0.25, -0.2) is 0 Å². The van der Waals surface area contributed by atoms with Crippen LogP contribution in [-0.2, 0) is 30.9 Å². The van der Waals surface area contributed by atoms with Crippen LogP contribution in [0.5, 0.6) is 0 Å². The molecule has 0 bridgehead atoms. The molecular formula is C25H34N6O3. The van der Waals surface area contributed by atoms with Gasteiger partial charge >= 0.3 is 0 Å². The van der Waals surface area contributed by atoms with Crippen molar-refractivity contribution in [2.45, 2.75) is 59.4 Å². The number of ether oxygens (including phenoxy) is 1. The molecule has 1 aliphatic heterocycles. The first-order valence-electron chi connectivity index (χ1n) is 11.9. The normalized spacial score (nSPS) is 15.2. The molecule has 1 atom stereocenters. The van der Waals surface area contributed by atoms with Gasteiger partial charge in [0.1, 0.15) is 18.2 Å². The van der Waals surface area contributed by atoms with Crippen LogP contribution in [0.15, 0.2) is 34.7 Å². The van der Waals surface area contributed by atoms with E-state index in [2.05, 4.69) is 55.9 Å². The Hall–Kier alpha value is -3.04. The number of nitrogens with zero attached hydrogens (tertiary/aromatic N) is 5. The molecule has 9 nitrogen and oxygen atoms in total. The molecule has 3 aromatic heterocycles. The highest BCUT2D eigenvalue weighted by molar-refractivity contribution is 5.91. The molecule has 0 unspecified atom stereocenters. The Kier molecular flexibility index (Phi) is 7.74. The van der Waals surface area contributed by atoms with Crippen LogP contribution in [0.25, 0.3) is 0 Å². The van der Waals surface area contributed by atoms with E-state index in [1.165, 1.54) is 0 Å². The summed E-state index contributed by atoms with van der Waals surface area (Å²) in [5.74, 6) is 2.76. The summed E-state index contributed by atoms with van der Waals surface area (Å²) in [4.78, 5) is 20.0. The molecule has 0 saturated carbocycles. The molecule has 1 amide bonds. The number of aromatic nitrogens is 4. The molecule has 0 aromatic carbocycles. The summed E-state index contributed by atoms with van der Waals surface area (Å²) >= 11 is 0. The molecule has 9 heteroatoms. The Labute approximate surface area is 200 Å². The summed E-state index contributed by atoms with van der Waals surface area (Å²) in [6.45, 7) is 9.96. The molecule has 1 N–H and O–H groups in total. The number of aryl methyl sites for hydroxylation is 1. The van der Waals surface area contributed by atoms with Crippen molar-refractivity contribution in [3.05, 3.63) is 64.9 Å². The zero-order valence-corrected chi connectivity index (χ0v) is 20.5. The van der Waals surface area contributed by atoms with Crippen molar-refractivity contribution in [2.24, 2.45) is 5.92 Å². The Balaban J connectivity index is 1.48. The Morgan fingerprint density at radius 1 is 1.18 bits per heavy atom. The van der Waals surface area contributed by atoms with Gasteiger partial charge in [-0.1, -0.05) is 19.9 Å². The van der Waals surface area contributed by atoms with Gasteiger partial charge in [0, 0.05) is 45.4 Å². The first-order chi connectivity index (χ1) is 16.4. The van der Waals surface area contributed by atoms with E-state index in [0.29, 0.717) is 18.3 Å². The van der Waals surface area contributed by atoms with Crippen LogP contribution < -0.4 is 5.32 Å². The zero-order valence-electron chi connectivity index (χ0n) is 20.5. The van der Waals surface area contributed by atoms with E-state index in [9.17, 15) is 4.79 Å². The van der Waals surface area contributed by atoms with E-state index in [0.717, 1.165) is 62.1 Å². The van der Waals surface area contributed by atoms with Crippen molar-refractivity contribution in [1.82, 2.24) is 30.0 Å². The summed E-state index contributed by atoms with van der Waals surface area (Å²) in [5, 5.41) is 12.1. The van der Waals surface area contributed by atoms with Crippen molar-refractivity contribution < 1.29 is 13.9 Å². The Morgan fingerprint density at radius 2 is 2.03 bits per heavy atom. The van der Waals surface area contributed by atoms with E-state index < -0.39 is 0 Å². The van der Waals surface area contributed by atoms with Crippen molar-refractivity contribution in [1.29, 1.82) is 0 Å². The van der Waals surface area contributed by atoms with Crippen LogP contribution in [-0.4, -0.2) is 50.8 Å². The predicted octanol–water partition coefficient (Wildman–Crippen LogP) is 3.30. The van der Waals surface area contributed by atoms with E-state index in [4.69, 9.17) is 9.15 Å². The van der Waals surface area contributed by atoms with Gasteiger partial charge in [-0.3, -0.25) is 14.7 Å². The average molecular weight is 467 g/mol. The quantitative estimate of drug-likeness (QED) is 0.517. The fourth-order valence-corrected chi connectivity index (χ4v) is 4.37. The predicted molar refractivity (Wildman–Crippen MR) is 127 cm³/mol. The van der Waals surface area contributed by atoms with Crippen molar-refractivity contribution in [3.8, 4) is 0 Å². The highest BCUT2D eigenvalue weighted by Gasteiger charge is 2.27. The number of nitrogens with one attached hydrogen (secondary N) is 1. The second kappa shape index (κ2) is 10.9. The highest BCUT2D eigenvalue weighted by Crippen LogP contribution is 2.23. The van der Waals surface area contributed by atoms with E-state index >= 15 is 0 Å². The fourth-order valence-electron chi connectivity index (χ4n) is 4.37. The largest absolute Gasteiger partial charge is 0.453 e. The second-order valence-electron chi connectivity index (χ2n) is 9.28. The number of amides is 1. The average Bonchev–Trinajstić information content (AvgIpc) is 3.38. The molecule has 4 heterocycles. The third-order valence-corrected chi connectivity index (χ3v) is 5.98. The maximum Gasteiger partial charge on any atom is 0.287 e. The number of carbonyl (C=O) groups excluding carboxylic acids is 1. The molecule has 3 aromatic rings. The number of rotatable bonds is 9. The summed E-state index contributed by atoms with van der Waals surface area (Å²) in [6.07, 6.45) is 1.56. The lowest BCUT2D eigenvalue weighted by Crippen LogP contribution is -2.32. The minimum absolute atomic E-state index is 0.255. The van der Waals surface area contributed by atoms with E-state index in [1.54, 1.807) is 19.2 Å². The molecule has 1 aliphatic rings. The van der Waals surface area contributed by atoms with Crippen LogP contribution >= 0.6 is 0 Å². The van der Waals surface area contributed by atoms with Crippen LogP contribution in [0.1, 0.15) is 65.7 Å². The molecule has 0 spiro atoms. The lowest BCUT2D eigenvalue weighted by atomic mass is 10.0. The van der Waals surface area contributed by atoms with Gasteiger partial charge in [-0.05, 0) is 43.5 Å². The molecular weight excluding hydrogens is 432 g/mol. The van der Waals surface area contributed by atoms with Crippen molar-refractivity contribution in [3.63, 3.8) is 0 Å². The molecule has 0 fully saturated rings. The third-order valence-electron chi connectivity index (χ3n) is 5.98. The summed E-state index contributed by atoms with van der Waals surface area (Å²) in [5.41, 5.74) is 2.11. The molecule has 0 radical (unpaired) electrons. The van der Waals surface area contributed by atoms with Crippen molar-refractivity contribution in [2.75, 3.05) is 20.2 Å². The summed E-state index contributed by atoms with van der Waals surface area (Å²) in [6, 6.07) is 9.33. The third kappa shape index (κ3) is 5.90. The maximum absolute atomic E-state index is 12.9. The molecule has 0 saturated heterocycles. The van der Waals surface area contributed by atoms with Crippen molar-refractivity contribution >= 4 is 5.91 Å². The molecule has 4 rings (SSSR count).